The Kier molecular flexibility index (Phi) is 4.73. The summed E-state index contributed by atoms with van der Waals surface area (Å²) in [7, 11) is 0. The van der Waals surface area contributed by atoms with Gasteiger partial charge in [0, 0.05) is 22.4 Å². The number of ether oxygens (including phenoxy) is 2. The van der Waals surface area contributed by atoms with Crippen LogP contribution in [-0.4, -0.2) is 19.5 Å². The van der Waals surface area contributed by atoms with E-state index < -0.39 is 0 Å². The van der Waals surface area contributed by atoms with Crippen LogP contribution in [0.25, 0.3) is 0 Å². The number of fused-ring (bicyclic) bond motifs is 1. The highest BCUT2D eigenvalue weighted by Gasteiger charge is 2.16. The molecule has 2 heterocycles. The van der Waals surface area contributed by atoms with Gasteiger partial charge in [-0.1, -0.05) is 6.07 Å². The van der Waals surface area contributed by atoms with E-state index in [1.807, 2.05) is 0 Å². The molecule has 5 heteroatoms. The summed E-state index contributed by atoms with van der Waals surface area (Å²) in [6.45, 7) is 4.28. The highest BCUT2D eigenvalue weighted by molar-refractivity contribution is 7.98. The van der Waals surface area contributed by atoms with Crippen molar-refractivity contribution >= 4 is 23.1 Å². The van der Waals surface area contributed by atoms with Crippen molar-refractivity contribution < 1.29 is 9.47 Å². The molecule has 0 spiro atoms. The minimum atomic E-state index is 0.355. The topological polar surface area (TPSA) is 30.5 Å². The lowest BCUT2D eigenvalue weighted by Crippen LogP contribution is -2.19. The third-order valence-corrected chi connectivity index (χ3v) is 5.39. The molecule has 0 saturated carbocycles. The van der Waals surface area contributed by atoms with E-state index >= 15 is 0 Å². The molecule has 0 radical (unpaired) electrons. The van der Waals surface area contributed by atoms with Gasteiger partial charge in [0.2, 0.25) is 0 Å². The molecule has 0 fully saturated rings. The molecule has 21 heavy (non-hydrogen) atoms. The molecular formula is C16H19NO2S2. The van der Waals surface area contributed by atoms with Crippen molar-refractivity contribution in [1.82, 2.24) is 5.32 Å². The standard InChI is InChI=1S/C16H19NO2S2/c1-11(15-4-3-7-21-15)17-10-12-8-13-14(9-16(12)20-2)19-6-5-18-13/h3-4,7-9,11,17H,5-6,10H2,1-2H3. The molecule has 1 aliphatic rings. The summed E-state index contributed by atoms with van der Waals surface area (Å²) < 4.78 is 11.3. The van der Waals surface area contributed by atoms with E-state index in [4.69, 9.17) is 9.47 Å². The Bertz CT molecular complexity index is 599. The van der Waals surface area contributed by atoms with Gasteiger partial charge in [0.25, 0.3) is 0 Å². The average molecular weight is 321 g/mol. The first-order chi connectivity index (χ1) is 10.3. The molecule has 1 unspecified atom stereocenters. The van der Waals surface area contributed by atoms with Gasteiger partial charge < -0.3 is 14.8 Å². The quantitative estimate of drug-likeness (QED) is 0.840. The summed E-state index contributed by atoms with van der Waals surface area (Å²) in [6, 6.07) is 8.81. The van der Waals surface area contributed by atoms with Crippen LogP contribution in [0.5, 0.6) is 11.5 Å². The molecule has 0 amide bonds. The van der Waals surface area contributed by atoms with Gasteiger partial charge in [-0.05, 0) is 42.3 Å². The fourth-order valence-corrected chi connectivity index (χ4v) is 3.72. The van der Waals surface area contributed by atoms with Gasteiger partial charge in [0.05, 0.1) is 0 Å². The smallest absolute Gasteiger partial charge is 0.162 e. The molecule has 112 valence electrons. The minimum Gasteiger partial charge on any atom is -0.486 e. The molecule has 1 atom stereocenters. The predicted molar refractivity (Wildman–Crippen MR) is 88.8 cm³/mol. The first kappa shape index (κ1) is 14.8. The Labute approximate surface area is 133 Å². The minimum absolute atomic E-state index is 0.355. The van der Waals surface area contributed by atoms with Crippen LogP contribution in [0.4, 0.5) is 0 Å². The molecule has 0 saturated heterocycles. The number of thiophene rings is 1. The third-order valence-electron chi connectivity index (χ3n) is 3.51. The van der Waals surface area contributed by atoms with Gasteiger partial charge in [-0.15, -0.1) is 23.1 Å². The largest absolute Gasteiger partial charge is 0.486 e. The Morgan fingerprint density at radius 2 is 2.05 bits per heavy atom. The van der Waals surface area contributed by atoms with E-state index in [1.165, 1.54) is 15.3 Å². The summed E-state index contributed by atoms with van der Waals surface area (Å²) in [6.07, 6.45) is 2.09. The first-order valence-corrected chi connectivity index (χ1v) is 9.11. The zero-order valence-corrected chi connectivity index (χ0v) is 13.9. The Morgan fingerprint density at radius 1 is 1.29 bits per heavy atom. The van der Waals surface area contributed by atoms with Gasteiger partial charge in [0.15, 0.2) is 11.5 Å². The maximum Gasteiger partial charge on any atom is 0.162 e. The lowest BCUT2D eigenvalue weighted by atomic mass is 10.1. The average Bonchev–Trinajstić information content (AvgIpc) is 3.06. The SMILES string of the molecule is CSc1cc2c(cc1CNC(C)c1cccs1)OCCO2. The Morgan fingerprint density at radius 3 is 2.71 bits per heavy atom. The maximum absolute atomic E-state index is 5.68. The molecule has 1 N–H and O–H groups in total. The van der Waals surface area contributed by atoms with Crippen LogP contribution in [0.1, 0.15) is 23.4 Å². The maximum atomic E-state index is 5.68. The second-order valence-corrected chi connectivity index (χ2v) is 6.75. The van der Waals surface area contributed by atoms with Crippen molar-refractivity contribution in [3.8, 4) is 11.5 Å². The zero-order chi connectivity index (χ0) is 14.7. The van der Waals surface area contributed by atoms with Crippen LogP contribution in [0.2, 0.25) is 0 Å². The Hall–Kier alpha value is -1.17. The molecule has 0 bridgehead atoms. The van der Waals surface area contributed by atoms with Gasteiger partial charge in [-0.2, -0.15) is 0 Å². The van der Waals surface area contributed by atoms with E-state index in [0.717, 1.165) is 18.0 Å². The van der Waals surface area contributed by atoms with Crippen molar-refractivity contribution in [3.63, 3.8) is 0 Å². The van der Waals surface area contributed by atoms with Crippen molar-refractivity contribution in [1.29, 1.82) is 0 Å². The lowest BCUT2D eigenvalue weighted by molar-refractivity contribution is 0.171. The lowest BCUT2D eigenvalue weighted by Gasteiger charge is -2.21. The number of hydrogen-bond donors (Lipinski definition) is 1. The van der Waals surface area contributed by atoms with Crippen LogP contribution in [0.3, 0.4) is 0 Å². The number of hydrogen-bond acceptors (Lipinski definition) is 5. The molecule has 2 aromatic rings. The van der Waals surface area contributed by atoms with Crippen molar-refractivity contribution in [3.05, 3.63) is 40.1 Å². The van der Waals surface area contributed by atoms with Crippen molar-refractivity contribution in [2.24, 2.45) is 0 Å². The fourth-order valence-electron chi connectivity index (χ4n) is 2.34. The Balaban J connectivity index is 1.75. The van der Waals surface area contributed by atoms with E-state index in [1.54, 1.807) is 23.1 Å². The molecule has 1 aliphatic heterocycles. The van der Waals surface area contributed by atoms with Crippen LogP contribution < -0.4 is 14.8 Å². The van der Waals surface area contributed by atoms with Gasteiger partial charge in [0.1, 0.15) is 13.2 Å². The van der Waals surface area contributed by atoms with Crippen LogP contribution in [-0.2, 0) is 6.54 Å². The normalized spacial score (nSPS) is 15.0. The molecule has 3 rings (SSSR count). The van der Waals surface area contributed by atoms with Gasteiger partial charge >= 0.3 is 0 Å². The molecule has 0 aliphatic carbocycles. The zero-order valence-electron chi connectivity index (χ0n) is 12.2. The third kappa shape index (κ3) is 3.36. The molecule has 1 aromatic heterocycles. The molecule has 1 aromatic carbocycles. The number of thioether (sulfide) groups is 1. The fraction of sp³-hybridized carbons (Fsp3) is 0.375. The summed E-state index contributed by atoms with van der Waals surface area (Å²) in [5.41, 5.74) is 1.26. The summed E-state index contributed by atoms with van der Waals surface area (Å²) >= 11 is 3.53. The van der Waals surface area contributed by atoms with E-state index in [-0.39, 0.29) is 0 Å². The number of nitrogens with one attached hydrogen (secondary N) is 1. The van der Waals surface area contributed by atoms with Crippen LogP contribution in [0.15, 0.2) is 34.5 Å². The molecule has 3 nitrogen and oxygen atoms in total. The van der Waals surface area contributed by atoms with Crippen molar-refractivity contribution in [2.45, 2.75) is 24.4 Å². The second-order valence-electron chi connectivity index (χ2n) is 4.93. The van der Waals surface area contributed by atoms with Crippen LogP contribution in [0, 0.1) is 0 Å². The monoisotopic (exact) mass is 321 g/mol. The van der Waals surface area contributed by atoms with E-state index in [0.29, 0.717) is 19.3 Å². The summed E-state index contributed by atoms with van der Waals surface area (Å²) in [5.74, 6) is 1.72. The van der Waals surface area contributed by atoms with E-state index in [2.05, 4.69) is 48.1 Å². The van der Waals surface area contributed by atoms with Crippen molar-refractivity contribution in [2.75, 3.05) is 19.5 Å². The second kappa shape index (κ2) is 6.73. The predicted octanol–water partition coefficient (Wildman–Crippen LogP) is 4.09. The van der Waals surface area contributed by atoms with Crippen LogP contribution >= 0.6 is 23.1 Å². The van der Waals surface area contributed by atoms with E-state index in [9.17, 15) is 0 Å². The number of rotatable bonds is 5. The summed E-state index contributed by atoms with van der Waals surface area (Å²) in [4.78, 5) is 2.60. The number of benzene rings is 1. The van der Waals surface area contributed by atoms with Gasteiger partial charge in [-0.25, -0.2) is 0 Å². The van der Waals surface area contributed by atoms with Gasteiger partial charge in [-0.3, -0.25) is 0 Å². The summed E-state index contributed by atoms with van der Waals surface area (Å²) in [5, 5.41) is 5.70. The first-order valence-electron chi connectivity index (χ1n) is 7.01. The molecular weight excluding hydrogens is 302 g/mol. The highest BCUT2D eigenvalue weighted by atomic mass is 32.2. The highest BCUT2D eigenvalue weighted by Crippen LogP contribution is 2.36.